The number of urea groups is 1. The first-order valence-electron chi connectivity index (χ1n) is 8.48. The number of carbonyl (C=O) groups is 2. The van der Waals surface area contributed by atoms with Gasteiger partial charge in [0.1, 0.15) is 12.7 Å². The lowest BCUT2D eigenvalue weighted by Crippen LogP contribution is -2.46. The molecule has 27 heavy (non-hydrogen) atoms. The minimum absolute atomic E-state index is 0.127. The summed E-state index contributed by atoms with van der Waals surface area (Å²) in [6.45, 7) is 1.33. The average Bonchev–Trinajstić information content (AvgIpc) is 3.23. The minimum atomic E-state index is -0.284. The standard InChI is InChI=1S/C18H17N7O2/c26-17(13-5-6-16(21-10-13)25-12-19-11-22-25)23-14-3-1-4-15(9-14)24-8-2-7-20-18(24)27/h1,3-6,9-12H,2,7-8H2,(H,20,27)(H,23,26). The third-order valence-corrected chi connectivity index (χ3v) is 4.16. The van der Waals surface area contributed by atoms with E-state index in [2.05, 4.69) is 25.7 Å². The Labute approximate surface area is 155 Å². The lowest BCUT2D eigenvalue weighted by molar-refractivity contribution is 0.102. The number of nitrogens with one attached hydrogen (secondary N) is 2. The van der Waals surface area contributed by atoms with Crippen LogP contribution in [0.15, 0.2) is 55.2 Å². The smallest absolute Gasteiger partial charge is 0.321 e. The molecule has 3 aromatic rings. The molecule has 0 spiro atoms. The first kappa shape index (κ1) is 16.7. The maximum absolute atomic E-state index is 12.5. The van der Waals surface area contributed by atoms with Gasteiger partial charge >= 0.3 is 6.03 Å². The number of hydrogen-bond acceptors (Lipinski definition) is 5. The highest BCUT2D eigenvalue weighted by atomic mass is 16.2. The van der Waals surface area contributed by atoms with E-state index in [1.165, 1.54) is 23.5 Å². The topological polar surface area (TPSA) is 105 Å². The van der Waals surface area contributed by atoms with Crippen LogP contribution >= 0.6 is 0 Å². The van der Waals surface area contributed by atoms with Gasteiger partial charge in [-0.25, -0.2) is 19.4 Å². The number of carbonyl (C=O) groups excluding carboxylic acids is 2. The van der Waals surface area contributed by atoms with E-state index in [1.54, 1.807) is 35.2 Å². The summed E-state index contributed by atoms with van der Waals surface area (Å²) in [5.74, 6) is 0.287. The molecular weight excluding hydrogens is 346 g/mol. The Hall–Kier alpha value is -3.75. The number of pyridine rings is 1. The van der Waals surface area contributed by atoms with Gasteiger partial charge in [0.2, 0.25) is 0 Å². The molecule has 9 heteroatoms. The molecular formula is C18H17N7O2. The van der Waals surface area contributed by atoms with Crippen molar-refractivity contribution in [3.63, 3.8) is 0 Å². The molecule has 1 aromatic carbocycles. The van der Waals surface area contributed by atoms with E-state index in [1.807, 2.05) is 6.07 Å². The van der Waals surface area contributed by atoms with Crippen LogP contribution in [0.2, 0.25) is 0 Å². The number of aromatic nitrogens is 4. The molecule has 1 aliphatic rings. The lowest BCUT2D eigenvalue weighted by Gasteiger charge is -2.27. The normalized spacial score (nSPS) is 13.9. The molecule has 0 bridgehead atoms. The Morgan fingerprint density at radius 1 is 1.22 bits per heavy atom. The predicted molar refractivity (Wildman–Crippen MR) is 98.9 cm³/mol. The van der Waals surface area contributed by atoms with Gasteiger partial charge in [-0.2, -0.15) is 5.10 Å². The summed E-state index contributed by atoms with van der Waals surface area (Å²) in [6, 6.07) is 10.4. The van der Waals surface area contributed by atoms with Gasteiger partial charge in [-0.15, -0.1) is 0 Å². The van der Waals surface area contributed by atoms with E-state index in [9.17, 15) is 9.59 Å². The van der Waals surface area contributed by atoms with E-state index in [4.69, 9.17) is 0 Å². The van der Waals surface area contributed by atoms with Crippen molar-refractivity contribution in [1.29, 1.82) is 0 Å². The SMILES string of the molecule is O=C(Nc1cccc(N2CCCNC2=O)c1)c1ccc(-n2cncn2)nc1. The number of rotatable bonds is 4. The first-order chi connectivity index (χ1) is 13.2. The molecule has 2 N–H and O–H groups in total. The Morgan fingerprint density at radius 3 is 2.89 bits per heavy atom. The summed E-state index contributed by atoms with van der Waals surface area (Å²) < 4.78 is 1.51. The Kier molecular flexibility index (Phi) is 4.48. The number of anilines is 2. The number of amides is 3. The molecule has 3 amide bonds. The minimum Gasteiger partial charge on any atom is -0.338 e. The largest absolute Gasteiger partial charge is 0.338 e. The molecule has 1 aliphatic heterocycles. The third kappa shape index (κ3) is 3.61. The van der Waals surface area contributed by atoms with Crippen LogP contribution in [-0.4, -0.2) is 44.8 Å². The fraction of sp³-hybridized carbons (Fsp3) is 0.167. The van der Waals surface area contributed by atoms with Crippen molar-refractivity contribution in [3.8, 4) is 5.82 Å². The second-order valence-electron chi connectivity index (χ2n) is 5.99. The number of benzene rings is 1. The highest BCUT2D eigenvalue weighted by Gasteiger charge is 2.19. The van der Waals surface area contributed by atoms with Gasteiger partial charge in [0.05, 0.1) is 5.56 Å². The van der Waals surface area contributed by atoms with Crippen molar-refractivity contribution in [3.05, 3.63) is 60.8 Å². The quantitative estimate of drug-likeness (QED) is 0.736. The molecule has 136 valence electrons. The highest BCUT2D eigenvalue weighted by Crippen LogP contribution is 2.21. The molecule has 0 radical (unpaired) electrons. The maximum atomic E-state index is 12.5. The zero-order valence-corrected chi connectivity index (χ0v) is 14.4. The molecule has 4 rings (SSSR count). The molecule has 0 unspecified atom stereocenters. The summed E-state index contributed by atoms with van der Waals surface area (Å²) in [4.78, 5) is 34.2. The van der Waals surface area contributed by atoms with Gasteiger partial charge in [0, 0.05) is 30.7 Å². The summed E-state index contributed by atoms with van der Waals surface area (Å²) in [5.41, 5.74) is 1.76. The van der Waals surface area contributed by atoms with E-state index in [0.29, 0.717) is 30.2 Å². The third-order valence-electron chi connectivity index (χ3n) is 4.16. The summed E-state index contributed by atoms with van der Waals surface area (Å²) in [5, 5.41) is 9.64. The zero-order valence-electron chi connectivity index (χ0n) is 14.4. The van der Waals surface area contributed by atoms with E-state index in [-0.39, 0.29) is 11.9 Å². The number of nitrogens with zero attached hydrogens (tertiary/aromatic N) is 5. The molecule has 9 nitrogen and oxygen atoms in total. The highest BCUT2D eigenvalue weighted by molar-refractivity contribution is 6.04. The van der Waals surface area contributed by atoms with Crippen molar-refractivity contribution < 1.29 is 9.59 Å². The van der Waals surface area contributed by atoms with Crippen LogP contribution in [0.3, 0.4) is 0 Å². The van der Waals surface area contributed by atoms with Crippen molar-refractivity contribution in [2.24, 2.45) is 0 Å². The van der Waals surface area contributed by atoms with Crippen LogP contribution < -0.4 is 15.5 Å². The molecule has 1 saturated heterocycles. The van der Waals surface area contributed by atoms with E-state index >= 15 is 0 Å². The van der Waals surface area contributed by atoms with Gasteiger partial charge in [0.15, 0.2) is 5.82 Å². The number of hydrogen-bond donors (Lipinski definition) is 2. The van der Waals surface area contributed by atoms with Crippen molar-refractivity contribution in [2.75, 3.05) is 23.3 Å². The fourth-order valence-corrected chi connectivity index (χ4v) is 2.81. The Bertz CT molecular complexity index is 954. The van der Waals surface area contributed by atoms with Crippen molar-refractivity contribution in [2.45, 2.75) is 6.42 Å². The van der Waals surface area contributed by atoms with Gasteiger partial charge in [0.25, 0.3) is 5.91 Å². The predicted octanol–water partition coefficient (Wildman–Crippen LogP) is 1.83. The van der Waals surface area contributed by atoms with Gasteiger partial charge < -0.3 is 10.6 Å². The summed E-state index contributed by atoms with van der Waals surface area (Å²) in [6.07, 6.45) is 5.31. The second-order valence-corrected chi connectivity index (χ2v) is 5.99. The molecule has 0 atom stereocenters. The Balaban J connectivity index is 1.48. The molecule has 1 fully saturated rings. The maximum Gasteiger partial charge on any atom is 0.321 e. The first-order valence-corrected chi connectivity index (χ1v) is 8.48. The molecule has 0 aliphatic carbocycles. The van der Waals surface area contributed by atoms with Crippen LogP contribution in [0.25, 0.3) is 5.82 Å². The van der Waals surface area contributed by atoms with Crippen LogP contribution in [0.1, 0.15) is 16.8 Å². The summed E-state index contributed by atoms with van der Waals surface area (Å²) in [7, 11) is 0. The second kappa shape index (κ2) is 7.24. The monoisotopic (exact) mass is 363 g/mol. The van der Waals surface area contributed by atoms with Crippen LogP contribution in [0.4, 0.5) is 16.2 Å². The van der Waals surface area contributed by atoms with Crippen molar-refractivity contribution in [1.82, 2.24) is 25.1 Å². The van der Waals surface area contributed by atoms with Crippen LogP contribution in [0, 0.1) is 0 Å². The van der Waals surface area contributed by atoms with E-state index < -0.39 is 0 Å². The zero-order chi connectivity index (χ0) is 18.6. The molecule has 2 aromatic heterocycles. The van der Waals surface area contributed by atoms with Crippen LogP contribution in [-0.2, 0) is 0 Å². The van der Waals surface area contributed by atoms with Crippen LogP contribution in [0.5, 0.6) is 0 Å². The van der Waals surface area contributed by atoms with Gasteiger partial charge in [-0.05, 0) is 36.8 Å². The Morgan fingerprint density at radius 2 is 2.15 bits per heavy atom. The lowest BCUT2D eigenvalue weighted by atomic mass is 10.2. The molecule has 3 heterocycles. The molecule has 0 saturated carbocycles. The fourth-order valence-electron chi connectivity index (χ4n) is 2.81. The average molecular weight is 363 g/mol. The summed E-state index contributed by atoms with van der Waals surface area (Å²) >= 11 is 0. The van der Waals surface area contributed by atoms with Crippen molar-refractivity contribution >= 4 is 23.3 Å². The van der Waals surface area contributed by atoms with E-state index in [0.717, 1.165) is 12.1 Å². The van der Waals surface area contributed by atoms with Gasteiger partial charge in [-0.3, -0.25) is 9.69 Å². The van der Waals surface area contributed by atoms with Gasteiger partial charge in [-0.1, -0.05) is 6.07 Å².